The quantitative estimate of drug-likeness (QED) is 0.680. The zero-order chi connectivity index (χ0) is 9.56. The first-order chi connectivity index (χ1) is 5.72. The maximum Gasteiger partial charge on any atom is 0.248 e. The van der Waals surface area contributed by atoms with Gasteiger partial charge in [0.15, 0.2) is 0 Å². The number of carbonyl (C=O) groups is 1. The van der Waals surface area contributed by atoms with Crippen molar-refractivity contribution in [1.29, 1.82) is 0 Å². The third kappa shape index (κ3) is 2.74. The maximum absolute atomic E-state index is 10.6. The summed E-state index contributed by atoms with van der Waals surface area (Å²) >= 11 is 0. The van der Waals surface area contributed by atoms with E-state index in [1.165, 1.54) is 0 Å². The standard InChI is InChI=1S/C8H9NO.C2H6/c1-6-4-2-3-5-7(6)8(9)10;1-2/h2-5H,1H3,(H2,9,10);1-2H3. The van der Waals surface area contributed by atoms with Crippen LogP contribution in [0.4, 0.5) is 0 Å². The monoisotopic (exact) mass is 165 g/mol. The van der Waals surface area contributed by atoms with Crippen LogP contribution in [0.3, 0.4) is 0 Å². The third-order valence-corrected chi connectivity index (χ3v) is 1.41. The minimum atomic E-state index is -0.363. The van der Waals surface area contributed by atoms with Crippen LogP contribution in [0.2, 0.25) is 0 Å². The van der Waals surface area contributed by atoms with E-state index in [9.17, 15) is 4.79 Å². The van der Waals surface area contributed by atoms with Crippen molar-refractivity contribution < 1.29 is 4.79 Å². The predicted molar refractivity (Wildman–Crippen MR) is 51.0 cm³/mol. The highest BCUT2D eigenvalue weighted by molar-refractivity contribution is 5.94. The smallest absolute Gasteiger partial charge is 0.248 e. The van der Waals surface area contributed by atoms with Gasteiger partial charge in [-0.05, 0) is 18.6 Å². The molecule has 0 aromatic heterocycles. The highest BCUT2D eigenvalue weighted by atomic mass is 16.1. The molecule has 0 spiro atoms. The van der Waals surface area contributed by atoms with Crippen LogP contribution in [0.1, 0.15) is 29.8 Å². The Morgan fingerprint density at radius 2 is 1.75 bits per heavy atom. The molecule has 0 atom stereocenters. The Kier molecular flexibility index (Phi) is 4.77. The fourth-order valence-corrected chi connectivity index (χ4v) is 0.849. The summed E-state index contributed by atoms with van der Waals surface area (Å²) in [5, 5.41) is 0. The first-order valence-electron chi connectivity index (χ1n) is 4.07. The average molecular weight is 165 g/mol. The van der Waals surface area contributed by atoms with Crippen molar-refractivity contribution in [3.63, 3.8) is 0 Å². The highest BCUT2D eigenvalue weighted by Gasteiger charge is 2.00. The lowest BCUT2D eigenvalue weighted by atomic mass is 10.1. The number of aryl methyl sites for hydroxylation is 1. The van der Waals surface area contributed by atoms with Crippen LogP contribution in [-0.4, -0.2) is 5.91 Å². The molecule has 1 aromatic rings. The van der Waals surface area contributed by atoms with E-state index < -0.39 is 0 Å². The van der Waals surface area contributed by atoms with Gasteiger partial charge in [-0.3, -0.25) is 4.79 Å². The second-order valence-corrected chi connectivity index (χ2v) is 2.18. The lowest BCUT2D eigenvalue weighted by Crippen LogP contribution is -2.12. The van der Waals surface area contributed by atoms with Crippen molar-refractivity contribution in [3.05, 3.63) is 35.4 Å². The van der Waals surface area contributed by atoms with Gasteiger partial charge in [-0.2, -0.15) is 0 Å². The number of amides is 1. The molecule has 0 radical (unpaired) electrons. The Balaban J connectivity index is 0.000000561. The van der Waals surface area contributed by atoms with Gasteiger partial charge in [-0.25, -0.2) is 0 Å². The van der Waals surface area contributed by atoms with Gasteiger partial charge < -0.3 is 5.73 Å². The van der Waals surface area contributed by atoms with E-state index in [2.05, 4.69) is 0 Å². The summed E-state index contributed by atoms with van der Waals surface area (Å²) in [6.07, 6.45) is 0. The lowest BCUT2D eigenvalue weighted by Gasteiger charge is -1.97. The summed E-state index contributed by atoms with van der Waals surface area (Å²) in [6.45, 7) is 5.86. The molecule has 1 amide bonds. The van der Waals surface area contributed by atoms with Crippen LogP contribution in [-0.2, 0) is 0 Å². The Morgan fingerprint density at radius 1 is 1.25 bits per heavy atom. The van der Waals surface area contributed by atoms with Crippen molar-refractivity contribution in [2.24, 2.45) is 5.73 Å². The number of primary amides is 1. The summed E-state index contributed by atoms with van der Waals surface area (Å²) in [7, 11) is 0. The number of benzene rings is 1. The van der Waals surface area contributed by atoms with Gasteiger partial charge in [0.2, 0.25) is 5.91 Å². The molecule has 1 aromatic carbocycles. The fraction of sp³-hybridized carbons (Fsp3) is 0.300. The zero-order valence-corrected chi connectivity index (χ0v) is 7.79. The van der Waals surface area contributed by atoms with Crippen molar-refractivity contribution in [3.8, 4) is 0 Å². The first kappa shape index (κ1) is 10.7. The molecule has 2 heteroatoms. The van der Waals surface area contributed by atoms with E-state index in [4.69, 9.17) is 5.73 Å². The van der Waals surface area contributed by atoms with Crippen LogP contribution in [0.5, 0.6) is 0 Å². The molecule has 0 bridgehead atoms. The summed E-state index contributed by atoms with van der Waals surface area (Å²) < 4.78 is 0. The van der Waals surface area contributed by atoms with Gasteiger partial charge in [-0.15, -0.1) is 0 Å². The predicted octanol–water partition coefficient (Wildman–Crippen LogP) is 2.12. The Morgan fingerprint density at radius 3 is 2.08 bits per heavy atom. The Bertz CT molecular complexity index is 256. The van der Waals surface area contributed by atoms with Crippen molar-refractivity contribution in [1.82, 2.24) is 0 Å². The number of carbonyl (C=O) groups excluding carboxylic acids is 1. The summed E-state index contributed by atoms with van der Waals surface area (Å²) in [4.78, 5) is 10.6. The molecule has 2 nitrogen and oxygen atoms in total. The third-order valence-electron chi connectivity index (χ3n) is 1.41. The van der Waals surface area contributed by atoms with Crippen LogP contribution in [0.15, 0.2) is 24.3 Å². The second-order valence-electron chi connectivity index (χ2n) is 2.18. The van der Waals surface area contributed by atoms with Gasteiger partial charge in [0, 0.05) is 5.56 Å². The van der Waals surface area contributed by atoms with Gasteiger partial charge in [-0.1, -0.05) is 32.0 Å². The van der Waals surface area contributed by atoms with Crippen LogP contribution < -0.4 is 5.73 Å². The fourth-order valence-electron chi connectivity index (χ4n) is 0.849. The maximum atomic E-state index is 10.6. The van der Waals surface area contributed by atoms with E-state index in [0.717, 1.165) is 5.56 Å². The van der Waals surface area contributed by atoms with Crippen LogP contribution >= 0.6 is 0 Å². The van der Waals surface area contributed by atoms with Crippen molar-refractivity contribution >= 4 is 5.91 Å². The summed E-state index contributed by atoms with van der Waals surface area (Å²) in [5.74, 6) is -0.363. The molecule has 12 heavy (non-hydrogen) atoms. The van der Waals surface area contributed by atoms with Gasteiger partial charge >= 0.3 is 0 Å². The van der Waals surface area contributed by atoms with E-state index in [0.29, 0.717) is 5.56 Å². The van der Waals surface area contributed by atoms with Crippen LogP contribution in [0.25, 0.3) is 0 Å². The Hall–Kier alpha value is -1.31. The van der Waals surface area contributed by atoms with Crippen molar-refractivity contribution in [2.45, 2.75) is 20.8 Å². The van der Waals surface area contributed by atoms with Gasteiger partial charge in [0.1, 0.15) is 0 Å². The van der Waals surface area contributed by atoms with Crippen molar-refractivity contribution in [2.75, 3.05) is 0 Å². The SMILES string of the molecule is CC.Cc1ccccc1C(N)=O. The van der Waals surface area contributed by atoms with E-state index in [1.54, 1.807) is 12.1 Å². The molecular weight excluding hydrogens is 150 g/mol. The molecular formula is C10H15NO. The molecule has 66 valence electrons. The number of rotatable bonds is 1. The van der Waals surface area contributed by atoms with E-state index >= 15 is 0 Å². The molecule has 0 aliphatic carbocycles. The van der Waals surface area contributed by atoms with Gasteiger partial charge in [0.25, 0.3) is 0 Å². The normalized spacial score (nSPS) is 8.25. The summed E-state index contributed by atoms with van der Waals surface area (Å²) in [6, 6.07) is 7.26. The largest absolute Gasteiger partial charge is 0.366 e. The molecule has 0 unspecified atom stereocenters. The number of nitrogens with two attached hydrogens (primary N) is 1. The molecule has 0 fully saturated rings. The lowest BCUT2D eigenvalue weighted by molar-refractivity contribution is 0.0999. The number of hydrogen-bond donors (Lipinski definition) is 1. The van der Waals surface area contributed by atoms with Gasteiger partial charge in [0.05, 0.1) is 0 Å². The molecule has 0 aliphatic rings. The average Bonchev–Trinajstić information content (AvgIpc) is 2.08. The zero-order valence-electron chi connectivity index (χ0n) is 7.79. The second kappa shape index (κ2) is 5.35. The molecule has 2 N–H and O–H groups in total. The van der Waals surface area contributed by atoms with E-state index in [1.807, 2.05) is 32.9 Å². The molecule has 0 aliphatic heterocycles. The summed E-state index contributed by atoms with van der Waals surface area (Å²) in [5.41, 5.74) is 6.60. The highest BCUT2D eigenvalue weighted by Crippen LogP contribution is 2.04. The molecule has 0 heterocycles. The van der Waals surface area contributed by atoms with E-state index in [-0.39, 0.29) is 5.91 Å². The Labute approximate surface area is 73.4 Å². The van der Waals surface area contributed by atoms with Crippen LogP contribution in [0, 0.1) is 6.92 Å². The minimum absolute atomic E-state index is 0.363. The first-order valence-corrected chi connectivity index (χ1v) is 4.07. The minimum Gasteiger partial charge on any atom is -0.366 e. The molecule has 0 saturated heterocycles. The molecule has 1 rings (SSSR count). The topological polar surface area (TPSA) is 43.1 Å². The number of hydrogen-bond acceptors (Lipinski definition) is 1. The molecule has 0 saturated carbocycles.